The summed E-state index contributed by atoms with van der Waals surface area (Å²) in [5, 5.41) is 10.8. The smallest absolute Gasteiger partial charge is 0.337 e. The summed E-state index contributed by atoms with van der Waals surface area (Å²) in [6.45, 7) is 0.667. The molecule has 3 N–H and O–H groups in total. The van der Waals surface area contributed by atoms with E-state index in [2.05, 4.69) is 16.0 Å². The van der Waals surface area contributed by atoms with Crippen molar-refractivity contribution in [2.75, 3.05) is 17.7 Å². The Bertz CT molecular complexity index is 1570. The number of benzene rings is 2. The Morgan fingerprint density at radius 2 is 1.77 bits per heavy atom. The standard InChI is InChI=1S/C33H36Cl2N6O3/c1-44-32(43)24-11-7-10-23(16-24)20-37-33-39-29(19-30(40-33)41-14-5-6-15-41)38-28(17-22-8-3-2-4-9-22)31(42)36-21-25-12-13-26(34)18-27(25)35/h5-7,10-16,18-19,22,28H,2-4,8-9,17,20-21H2,1H3,(H,36,42)(H2,37,38,39,40). The Labute approximate surface area is 267 Å². The van der Waals surface area contributed by atoms with Crippen LogP contribution in [0.15, 0.2) is 73.1 Å². The lowest BCUT2D eigenvalue weighted by atomic mass is 9.84. The zero-order valence-electron chi connectivity index (χ0n) is 24.6. The van der Waals surface area contributed by atoms with Gasteiger partial charge in [0.05, 0.1) is 12.7 Å². The fourth-order valence-electron chi connectivity index (χ4n) is 5.45. The summed E-state index contributed by atoms with van der Waals surface area (Å²) in [4.78, 5) is 35.1. The molecule has 1 fully saturated rings. The highest BCUT2D eigenvalue weighted by molar-refractivity contribution is 6.35. The number of rotatable bonds is 12. The Kier molecular flexibility index (Phi) is 10.7. The maximum absolute atomic E-state index is 13.6. The van der Waals surface area contributed by atoms with E-state index in [0.29, 0.717) is 52.1 Å². The van der Waals surface area contributed by atoms with Crippen LogP contribution in [0.1, 0.15) is 60.0 Å². The third-order valence-electron chi connectivity index (χ3n) is 7.78. The van der Waals surface area contributed by atoms with Crippen molar-refractivity contribution < 1.29 is 14.3 Å². The van der Waals surface area contributed by atoms with Crippen molar-refractivity contribution in [3.63, 3.8) is 0 Å². The lowest BCUT2D eigenvalue weighted by molar-refractivity contribution is -0.122. The highest BCUT2D eigenvalue weighted by atomic mass is 35.5. The number of anilines is 2. The minimum Gasteiger partial charge on any atom is -0.465 e. The minimum absolute atomic E-state index is 0.128. The van der Waals surface area contributed by atoms with Crippen molar-refractivity contribution in [2.45, 2.75) is 57.7 Å². The molecule has 230 valence electrons. The molecule has 1 amide bonds. The monoisotopic (exact) mass is 634 g/mol. The van der Waals surface area contributed by atoms with Gasteiger partial charge < -0.3 is 25.3 Å². The summed E-state index contributed by atoms with van der Waals surface area (Å²) in [5.74, 6) is 1.46. The van der Waals surface area contributed by atoms with Crippen molar-refractivity contribution in [2.24, 2.45) is 5.92 Å². The molecule has 0 saturated heterocycles. The van der Waals surface area contributed by atoms with Crippen LogP contribution in [0.5, 0.6) is 0 Å². The Morgan fingerprint density at radius 1 is 0.977 bits per heavy atom. The van der Waals surface area contributed by atoms with Crippen molar-refractivity contribution in [3.05, 3.63) is 99.8 Å². The van der Waals surface area contributed by atoms with E-state index in [-0.39, 0.29) is 12.5 Å². The number of nitrogens with one attached hydrogen (secondary N) is 3. The molecule has 0 aliphatic heterocycles. The van der Waals surface area contributed by atoms with Crippen molar-refractivity contribution in [3.8, 4) is 5.82 Å². The van der Waals surface area contributed by atoms with Crippen molar-refractivity contribution >= 4 is 46.8 Å². The SMILES string of the molecule is COC(=O)c1cccc(CNc2nc(NC(CC3CCCCC3)C(=O)NCc3ccc(Cl)cc3Cl)cc(-n3cccc3)n2)c1. The molecule has 1 atom stereocenters. The van der Waals surface area contributed by atoms with E-state index in [4.69, 9.17) is 37.9 Å². The number of hydrogen-bond acceptors (Lipinski definition) is 7. The molecule has 0 radical (unpaired) electrons. The molecule has 1 saturated carbocycles. The first-order chi connectivity index (χ1) is 21.4. The van der Waals surface area contributed by atoms with Crippen LogP contribution in [0.2, 0.25) is 10.0 Å². The molecule has 2 aromatic carbocycles. The second-order valence-corrected chi connectivity index (χ2v) is 11.8. The maximum atomic E-state index is 13.6. The highest BCUT2D eigenvalue weighted by Crippen LogP contribution is 2.29. The van der Waals surface area contributed by atoms with Gasteiger partial charge in [-0.3, -0.25) is 4.79 Å². The van der Waals surface area contributed by atoms with Gasteiger partial charge in [0, 0.05) is 41.6 Å². The number of nitrogens with zero attached hydrogens (tertiary/aromatic N) is 3. The summed E-state index contributed by atoms with van der Waals surface area (Å²) in [7, 11) is 1.36. The van der Waals surface area contributed by atoms with E-state index in [9.17, 15) is 9.59 Å². The number of carbonyl (C=O) groups is 2. The fourth-order valence-corrected chi connectivity index (χ4v) is 5.93. The Morgan fingerprint density at radius 3 is 2.52 bits per heavy atom. The van der Waals surface area contributed by atoms with Gasteiger partial charge in [-0.1, -0.05) is 73.5 Å². The average Bonchev–Trinajstić information content (AvgIpc) is 3.59. The van der Waals surface area contributed by atoms with E-state index in [1.807, 2.05) is 47.3 Å². The average molecular weight is 636 g/mol. The third kappa shape index (κ3) is 8.51. The van der Waals surface area contributed by atoms with Gasteiger partial charge in [0.15, 0.2) is 0 Å². The molecule has 1 aliphatic rings. The maximum Gasteiger partial charge on any atom is 0.337 e. The van der Waals surface area contributed by atoms with Gasteiger partial charge >= 0.3 is 5.97 Å². The van der Waals surface area contributed by atoms with Gasteiger partial charge in [0.25, 0.3) is 0 Å². The zero-order valence-corrected chi connectivity index (χ0v) is 26.1. The van der Waals surface area contributed by atoms with E-state index in [1.165, 1.54) is 26.4 Å². The van der Waals surface area contributed by atoms with Crippen LogP contribution in [-0.4, -0.2) is 39.6 Å². The first kappa shape index (κ1) is 31.3. The minimum atomic E-state index is -0.513. The predicted molar refractivity (Wildman–Crippen MR) is 173 cm³/mol. The normalized spacial score (nSPS) is 14.1. The summed E-state index contributed by atoms with van der Waals surface area (Å²) in [6, 6.07) is 17.6. The van der Waals surface area contributed by atoms with Gasteiger partial charge in [0.2, 0.25) is 11.9 Å². The van der Waals surface area contributed by atoms with Gasteiger partial charge in [-0.15, -0.1) is 0 Å². The van der Waals surface area contributed by atoms with Crippen molar-refractivity contribution in [1.82, 2.24) is 19.9 Å². The van der Waals surface area contributed by atoms with Crippen LogP contribution in [0.4, 0.5) is 11.8 Å². The topological polar surface area (TPSA) is 110 Å². The molecule has 4 aromatic rings. The van der Waals surface area contributed by atoms with E-state index in [1.54, 1.807) is 30.3 Å². The molecule has 2 aromatic heterocycles. The number of esters is 1. The van der Waals surface area contributed by atoms with Crippen LogP contribution in [0, 0.1) is 5.92 Å². The van der Waals surface area contributed by atoms with E-state index in [0.717, 1.165) is 24.0 Å². The summed E-state index contributed by atoms with van der Waals surface area (Å²) in [5.41, 5.74) is 2.13. The number of carbonyl (C=O) groups excluding carboxylic acids is 2. The van der Waals surface area contributed by atoms with E-state index < -0.39 is 12.0 Å². The predicted octanol–water partition coefficient (Wildman–Crippen LogP) is 7.04. The number of hydrogen-bond donors (Lipinski definition) is 3. The number of ether oxygens (including phenoxy) is 1. The van der Waals surface area contributed by atoms with Gasteiger partial charge in [-0.05, 0) is 59.9 Å². The largest absolute Gasteiger partial charge is 0.465 e. The molecule has 44 heavy (non-hydrogen) atoms. The van der Waals surface area contributed by atoms with Gasteiger partial charge in [-0.2, -0.15) is 9.97 Å². The number of aromatic nitrogens is 3. The second-order valence-electron chi connectivity index (χ2n) is 11.0. The molecule has 2 heterocycles. The lowest BCUT2D eigenvalue weighted by Gasteiger charge is -2.27. The van der Waals surface area contributed by atoms with Gasteiger partial charge in [-0.25, -0.2) is 4.79 Å². The summed E-state index contributed by atoms with van der Waals surface area (Å²) < 4.78 is 6.73. The Hall–Kier alpha value is -4.08. The lowest BCUT2D eigenvalue weighted by Crippen LogP contribution is -2.41. The zero-order chi connectivity index (χ0) is 30.9. The molecule has 5 rings (SSSR count). The molecular formula is C33H36Cl2N6O3. The van der Waals surface area contributed by atoms with Gasteiger partial charge in [0.1, 0.15) is 17.7 Å². The summed E-state index contributed by atoms with van der Waals surface area (Å²) >= 11 is 12.4. The molecule has 0 spiro atoms. The number of methoxy groups -OCH3 is 1. The quantitative estimate of drug-likeness (QED) is 0.143. The summed E-state index contributed by atoms with van der Waals surface area (Å²) in [6.07, 6.45) is 10.3. The van der Waals surface area contributed by atoms with Crippen molar-refractivity contribution in [1.29, 1.82) is 0 Å². The van der Waals surface area contributed by atoms with Crippen LogP contribution < -0.4 is 16.0 Å². The first-order valence-electron chi connectivity index (χ1n) is 14.8. The van der Waals surface area contributed by atoms with Crippen LogP contribution >= 0.6 is 23.2 Å². The van der Waals surface area contributed by atoms with E-state index >= 15 is 0 Å². The Balaban J connectivity index is 1.37. The fraction of sp³-hybridized carbons (Fsp3) is 0.333. The van der Waals surface area contributed by atoms with Crippen LogP contribution in [-0.2, 0) is 22.6 Å². The third-order valence-corrected chi connectivity index (χ3v) is 8.37. The van der Waals surface area contributed by atoms with Crippen LogP contribution in [0.25, 0.3) is 5.82 Å². The number of halogens is 2. The first-order valence-corrected chi connectivity index (χ1v) is 15.6. The molecule has 0 bridgehead atoms. The highest BCUT2D eigenvalue weighted by Gasteiger charge is 2.25. The molecule has 1 unspecified atom stereocenters. The molecule has 9 nitrogen and oxygen atoms in total. The molecule has 11 heteroatoms. The second kappa shape index (κ2) is 15.1. The number of amides is 1. The molecular weight excluding hydrogens is 599 g/mol. The van der Waals surface area contributed by atoms with Crippen LogP contribution in [0.3, 0.4) is 0 Å². The molecule has 1 aliphatic carbocycles.